The number of likely N-dealkylation sites (tertiary alicyclic amines) is 1. The first kappa shape index (κ1) is 31.3. The van der Waals surface area contributed by atoms with E-state index in [0.717, 1.165) is 49.7 Å². The quantitative estimate of drug-likeness (QED) is 0.332. The summed E-state index contributed by atoms with van der Waals surface area (Å²) in [6, 6.07) is 7.40. The van der Waals surface area contributed by atoms with Crippen LogP contribution in [0.1, 0.15) is 94.1 Å². The molecule has 2 aromatic rings. The Hall–Kier alpha value is -3.94. The molecule has 4 rings (SSSR count). The molecule has 7 heteroatoms. The fourth-order valence-electron chi connectivity index (χ4n) is 4.73. The van der Waals surface area contributed by atoms with Crippen molar-refractivity contribution in [2.24, 2.45) is 5.73 Å². The van der Waals surface area contributed by atoms with E-state index in [9.17, 15) is 10.1 Å². The molecule has 206 valence electrons. The van der Waals surface area contributed by atoms with Crippen LogP contribution in [-0.2, 0) is 5.41 Å². The van der Waals surface area contributed by atoms with Crippen LogP contribution in [0.4, 0.5) is 0 Å². The van der Waals surface area contributed by atoms with E-state index in [0.29, 0.717) is 29.5 Å². The Kier molecular flexibility index (Phi) is 11.9. The lowest BCUT2D eigenvalue weighted by molar-refractivity contribution is 0.0766. The highest BCUT2D eigenvalue weighted by atomic mass is 16.4. The van der Waals surface area contributed by atoms with Crippen molar-refractivity contribution in [2.45, 2.75) is 83.7 Å². The Morgan fingerprint density at radius 1 is 1.26 bits per heavy atom. The summed E-state index contributed by atoms with van der Waals surface area (Å²) in [6.45, 7) is 15.5. The number of nitriles is 1. The smallest absolute Gasteiger partial charge is 0.254 e. The number of hydrogen-bond donors (Lipinski definition) is 1. The monoisotopic (exact) mass is 527 g/mol. The highest BCUT2D eigenvalue weighted by Gasteiger charge is 2.37. The van der Waals surface area contributed by atoms with Gasteiger partial charge in [0.2, 0.25) is 11.8 Å². The van der Waals surface area contributed by atoms with Crippen molar-refractivity contribution in [3.05, 3.63) is 72.2 Å². The van der Waals surface area contributed by atoms with Crippen LogP contribution in [0, 0.1) is 23.7 Å². The van der Waals surface area contributed by atoms with E-state index in [2.05, 4.69) is 35.3 Å². The van der Waals surface area contributed by atoms with Gasteiger partial charge < -0.3 is 15.1 Å². The topological polar surface area (TPSA) is 109 Å². The molecule has 39 heavy (non-hydrogen) atoms. The first-order valence-corrected chi connectivity index (χ1v) is 13.6. The fraction of sp³-hybridized carbons (Fsp3) is 0.438. The molecule has 1 saturated carbocycles. The van der Waals surface area contributed by atoms with Gasteiger partial charge in [0, 0.05) is 17.7 Å². The maximum atomic E-state index is 13.3. The van der Waals surface area contributed by atoms with E-state index in [1.807, 2.05) is 39.0 Å². The molecule has 7 nitrogen and oxygen atoms in total. The van der Waals surface area contributed by atoms with Crippen molar-refractivity contribution < 1.29 is 9.21 Å². The number of allylic oxidation sites excluding steroid dienone is 4. The maximum Gasteiger partial charge on any atom is 0.254 e. The van der Waals surface area contributed by atoms with Gasteiger partial charge in [0.1, 0.15) is 0 Å². The van der Waals surface area contributed by atoms with Crippen LogP contribution >= 0.6 is 0 Å². The number of carbonyl (C=O) groups is 1. The first-order valence-electron chi connectivity index (χ1n) is 13.6. The number of amides is 1. The number of aromatic nitrogens is 2. The predicted molar refractivity (Wildman–Crippen MR) is 156 cm³/mol. The van der Waals surface area contributed by atoms with E-state index >= 15 is 0 Å². The lowest BCUT2D eigenvalue weighted by atomic mass is 9.79. The summed E-state index contributed by atoms with van der Waals surface area (Å²) >= 11 is 0. The average Bonchev–Trinajstić information content (AvgIpc) is 3.75. The molecule has 0 radical (unpaired) electrons. The molecule has 1 amide bonds. The third-order valence-corrected chi connectivity index (χ3v) is 6.89. The Balaban J connectivity index is 0.000000517. The second-order valence-corrected chi connectivity index (χ2v) is 9.61. The summed E-state index contributed by atoms with van der Waals surface area (Å²) in [6.07, 6.45) is 16.3. The standard InChI is InChI=1S/C23H25N5O2.C7H10.C2H6/c1-3-19-7-6-10-28(19)22(29)17-11-16(21-27-26-20(30-21)15(2)25)12-18(13-17)23(14-24)8-4-5-9-23;1-4-6-7(3)5-2;1-2/h1,11-13,15,19H,4-10,25H2,2H3;4-6H,1-2H2,3H3;1-2H3/b;7-6-;. The number of nitrogens with zero attached hydrogens (tertiary/aromatic N) is 4. The van der Waals surface area contributed by atoms with Crippen LogP contribution in [0.15, 0.2) is 59.6 Å². The third kappa shape index (κ3) is 7.56. The molecule has 2 unspecified atom stereocenters. The number of carbonyl (C=O) groups excluding carboxylic acids is 1. The number of hydrogen-bond acceptors (Lipinski definition) is 6. The van der Waals surface area contributed by atoms with Crippen molar-refractivity contribution in [2.75, 3.05) is 6.54 Å². The molecule has 1 aliphatic heterocycles. The van der Waals surface area contributed by atoms with Gasteiger partial charge in [-0.25, -0.2) is 0 Å². The Bertz CT molecular complexity index is 1250. The minimum atomic E-state index is -0.606. The van der Waals surface area contributed by atoms with Crippen molar-refractivity contribution >= 4 is 5.91 Å². The average molecular weight is 528 g/mol. The van der Waals surface area contributed by atoms with Crippen LogP contribution in [-0.4, -0.2) is 33.6 Å². The summed E-state index contributed by atoms with van der Waals surface area (Å²) in [5.41, 5.74) is 8.32. The highest BCUT2D eigenvalue weighted by Crippen LogP contribution is 2.42. The largest absolute Gasteiger partial charge is 0.419 e. The van der Waals surface area contributed by atoms with Gasteiger partial charge in [-0.3, -0.25) is 4.79 Å². The van der Waals surface area contributed by atoms with E-state index in [4.69, 9.17) is 16.6 Å². The van der Waals surface area contributed by atoms with Crippen LogP contribution < -0.4 is 5.73 Å². The molecule has 1 aromatic carbocycles. The van der Waals surface area contributed by atoms with Gasteiger partial charge in [-0.05, 0) is 63.3 Å². The highest BCUT2D eigenvalue weighted by molar-refractivity contribution is 5.96. The molecular formula is C32H41N5O2. The Morgan fingerprint density at radius 3 is 2.46 bits per heavy atom. The fourth-order valence-corrected chi connectivity index (χ4v) is 4.73. The third-order valence-electron chi connectivity index (χ3n) is 6.89. The lowest BCUT2D eigenvalue weighted by Crippen LogP contribution is -2.35. The Labute approximate surface area is 233 Å². The Morgan fingerprint density at radius 2 is 1.95 bits per heavy atom. The summed E-state index contributed by atoms with van der Waals surface area (Å²) in [5, 5.41) is 18.1. The molecule has 2 heterocycles. The summed E-state index contributed by atoms with van der Waals surface area (Å²) in [7, 11) is 0. The molecule has 0 spiro atoms. The molecule has 2 atom stereocenters. The van der Waals surface area contributed by atoms with E-state index in [1.165, 1.54) is 0 Å². The van der Waals surface area contributed by atoms with Crippen molar-refractivity contribution in [1.82, 2.24) is 15.1 Å². The maximum absolute atomic E-state index is 13.3. The molecular weight excluding hydrogens is 486 g/mol. The molecule has 2 aliphatic rings. The van der Waals surface area contributed by atoms with E-state index in [1.54, 1.807) is 30.0 Å². The first-order chi connectivity index (χ1) is 18.8. The van der Waals surface area contributed by atoms with Gasteiger partial charge in [-0.2, -0.15) is 5.26 Å². The zero-order chi connectivity index (χ0) is 29.0. The van der Waals surface area contributed by atoms with Gasteiger partial charge in [-0.15, -0.1) is 16.6 Å². The van der Waals surface area contributed by atoms with Crippen molar-refractivity contribution in [3.8, 4) is 29.9 Å². The second kappa shape index (κ2) is 14.9. The van der Waals surface area contributed by atoms with Crippen LogP contribution in [0.2, 0.25) is 0 Å². The van der Waals surface area contributed by atoms with E-state index < -0.39 is 11.5 Å². The second-order valence-electron chi connectivity index (χ2n) is 9.61. The summed E-state index contributed by atoms with van der Waals surface area (Å²) in [5.74, 6) is 3.20. The van der Waals surface area contributed by atoms with Gasteiger partial charge in [0.15, 0.2) is 0 Å². The lowest BCUT2D eigenvalue weighted by Gasteiger charge is -2.24. The number of rotatable bonds is 6. The zero-order valence-corrected chi connectivity index (χ0v) is 23.7. The number of nitrogens with two attached hydrogens (primary N) is 1. The van der Waals surface area contributed by atoms with Gasteiger partial charge >= 0.3 is 0 Å². The van der Waals surface area contributed by atoms with Crippen molar-refractivity contribution in [3.63, 3.8) is 0 Å². The van der Waals surface area contributed by atoms with Gasteiger partial charge in [0.25, 0.3) is 5.91 Å². The summed E-state index contributed by atoms with van der Waals surface area (Å²) < 4.78 is 5.73. The predicted octanol–water partition coefficient (Wildman–Crippen LogP) is 6.66. The molecule has 1 aliphatic carbocycles. The van der Waals surface area contributed by atoms with Gasteiger partial charge in [0.05, 0.1) is 23.6 Å². The van der Waals surface area contributed by atoms with Crippen LogP contribution in [0.5, 0.6) is 0 Å². The SMILES string of the molecule is C#CC1CCCN1C(=O)c1cc(-c2nnc(C(C)N)o2)cc(C2(C#N)CCCC2)c1.C=C/C=C(/C)C=C.CC. The zero-order valence-electron chi connectivity index (χ0n) is 23.7. The van der Waals surface area contributed by atoms with Crippen LogP contribution in [0.3, 0.4) is 0 Å². The van der Waals surface area contributed by atoms with Crippen LogP contribution in [0.25, 0.3) is 11.5 Å². The molecule has 0 bridgehead atoms. The molecule has 2 N–H and O–H groups in total. The molecule has 1 aromatic heterocycles. The molecule has 1 saturated heterocycles. The summed E-state index contributed by atoms with van der Waals surface area (Å²) in [4.78, 5) is 15.1. The number of benzene rings is 1. The normalized spacial score (nSPS) is 18.4. The van der Waals surface area contributed by atoms with E-state index in [-0.39, 0.29) is 11.9 Å². The van der Waals surface area contributed by atoms with Crippen molar-refractivity contribution in [1.29, 1.82) is 5.26 Å². The molecule has 2 fully saturated rings. The minimum Gasteiger partial charge on any atom is -0.419 e. The van der Waals surface area contributed by atoms with Gasteiger partial charge in [-0.1, -0.05) is 69.6 Å². The number of terminal acetylenes is 1. The minimum absolute atomic E-state index is 0.128.